The molecule has 3 aromatic carbocycles. The van der Waals surface area contributed by atoms with Crippen LogP contribution in [0.25, 0.3) is 21.3 Å². The number of nitrogens with two attached hydrogens (primary N) is 1. The van der Waals surface area contributed by atoms with E-state index in [2.05, 4.69) is 53.9 Å². The van der Waals surface area contributed by atoms with E-state index in [0.29, 0.717) is 85.1 Å². The van der Waals surface area contributed by atoms with Crippen LogP contribution in [0.4, 0.5) is 21.4 Å². The maximum Gasteiger partial charge on any atom is 0.410 e. The number of aliphatic hydroxyl groups is 3. The molecule has 2 saturated heterocycles. The number of rotatable bonds is 38. The molecule has 6 aromatic rings. The van der Waals surface area contributed by atoms with E-state index < -0.39 is 189 Å². The highest BCUT2D eigenvalue weighted by molar-refractivity contribution is 7.86. The van der Waals surface area contributed by atoms with Gasteiger partial charge < -0.3 is 80.9 Å². The Morgan fingerprint density at radius 2 is 1.55 bits per heavy atom. The number of anilines is 3. The van der Waals surface area contributed by atoms with Gasteiger partial charge in [0, 0.05) is 79.2 Å². The summed E-state index contributed by atoms with van der Waals surface area (Å²) in [7, 11) is -9.12. The summed E-state index contributed by atoms with van der Waals surface area (Å²) in [6.07, 6.45) is -3.05. The van der Waals surface area contributed by atoms with Crippen LogP contribution in [-0.2, 0) is 105 Å². The summed E-state index contributed by atoms with van der Waals surface area (Å²) in [6, 6.07) is 17.5. The first kappa shape index (κ1) is 94.4. The van der Waals surface area contributed by atoms with E-state index in [0.717, 1.165) is 56.1 Å². The Bertz CT molecular complexity index is 5280. The molecule has 124 heavy (non-hydrogen) atoms. The molecule has 2 aliphatic carbocycles. The number of para-hydroxylation sites is 1. The number of aromatic nitrogens is 4. The number of allylic oxidation sites excluding steroid dienone is 1. The van der Waals surface area contributed by atoms with Gasteiger partial charge in [0.2, 0.25) is 29.5 Å². The number of ether oxygens (including phenoxy) is 4. The Morgan fingerprint density at radius 3 is 2.24 bits per heavy atom. The summed E-state index contributed by atoms with van der Waals surface area (Å²) in [5.41, 5.74) is 8.40. The zero-order valence-electron chi connectivity index (χ0n) is 70.1. The van der Waals surface area contributed by atoms with Gasteiger partial charge in [0.25, 0.3) is 26.1 Å². The van der Waals surface area contributed by atoms with E-state index in [4.69, 9.17) is 34.8 Å². The maximum absolute atomic E-state index is 14.5. The molecule has 0 radical (unpaired) electrons. The number of aliphatic hydroxyl groups excluding tert-OH is 3. The predicted molar refractivity (Wildman–Crippen MR) is 451 cm³/mol. The molecule has 672 valence electrons. The fourth-order valence-corrected chi connectivity index (χ4v) is 20.2. The molecule has 13 N–H and O–H groups in total. The number of fused-ring (bicyclic) bond motifs is 4. The summed E-state index contributed by atoms with van der Waals surface area (Å²) in [6.45, 7) is 13.4. The second-order valence-electron chi connectivity index (χ2n) is 34.6. The van der Waals surface area contributed by atoms with Crippen LogP contribution in [0, 0.1) is 35.0 Å². The van der Waals surface area contributed by atoms with Crippen molar-refractivity contribution in [3.63, 3.8) is 0 Å². The van der Waals surface area contributed by atoms with Gasteiger partial charge >= 0.3 is 18.0 Å². The first-order valence-corrected chi connectivity index (χ1v) is 45.0. The molecule has 6 heterocycles. The number of carboxylic acids is 2. The number of hydrogen-bond acceptors (Lipinski definition) is 26. The molecule has 11 rings (SSSR count). The third-order valence-electron chi connectivity index (χ3n) is 23.8. The number of likely N-dealkylation sites (tertiary alicyclic amines) is 1. The lowest BCUT2D eigenvalue weighted by Crippen LogP contribution is -2.59. The largest absolute Gasteiger partial charge is 0.479 e. The van der Waals surface area contributed by atoms with Gasteiger partial charge in [0.15, 0.2) is 22.7 Å². The van der Waals surface area contributed by atoms with Crippen LogP contribution in [0.15, 0.2) is 91.1 Å². The molecule has 2 saturated carbocycles. The maximum atomic E-state index is 14.5. The number of nitrogens with one attached hydrogen (secondary N) is 4. The second kappa shape index (κ2) is 39.1. The molecular formula is C84H108N12O25S3. The van der Waals surface area contributed by atoms with Gasteiger partial charge in [-0.2, -0.15) is 21.9 Å². The van der Waals surface area contributed by atoms with Gasteiger partial charge in [-0.3, -0.25) is 52.7 Å². The van der Waals surface area contributed by atoms with Crippen molar-refractivity contribution < 1.29 is 118 Å². The van der Waals surface area contributed by atoms with Gasteiger partial charge in [-0.05, 0) is 171 Å². The number of aryl methyl sites for hydroxylation is 1. The first-order valence-electron chi connectivity index (χ1n) is 40.9. The van der Waals surface area contributed by atoms with Crippen LogP contribution in [0.5, 0.6) is 0 Å². The first-order chi connectivity index (χ1) is 58.3. The van der Waals surface area contributed by atoms with E-state index in [1.165, 1.54) is 36.5 Å². The van der Waals surface area contributed by atoms with Crippen LogP contribution in [0.2, 0.25) is 0 Å². The SMILES string of the molecule is CCC1(Cn2ncc(-c3ccc(N4CCc5cccc(C(=O)Nc6nc7ccccc7s6)c5C4)nc3C(=O)O)c2C)CC2(C)CC(C)(C)CC(OCCN(CCS(=O)(=O)O)C(=O)OCc3ccc(NC(=O)[C@H](C)NC(=O)[C@@H](NC(=O)CN4C(=O)[C@@H](CC(=O)/C=C\C(N)=O)C[C@H]4COCCS(=O)(=O)O)C(C)C)cc3CC[C@@H]3O[C@H](C(=O)O)[C@@H](O)[C@H](O)[C@H]3O)(C2)C1. The molecule has 5 aliphatic rings. The predicted octanol–water partition coefficient (Wildman–Crippen LogP) is 5.64. The third kappa shape index (κ3) is 23.6. The van der Waals surface area contributed by atoms with E-state index in [1.54, 1.807) is 38.2 Å². The molecule has 0 spiro atoms. The van der Waals surface area contributed by atoms with Crippen molar-refractivity contribution in [1.29, 1.82) is 0 Å². The Kier molecular flexibility index (Phi) is 29.8. The van der Waals surface area contributed by atoms with Crippen LogP contribution < -0.4 is 31.9 Å². The standard InChI is InChI=1S/C84H108N12O25S3/c1-9-83(46-96-49(5)59(36-86-96)57-21-24-65(90-68(57)77(107)108)94-26-25-50-13-12-14-58(60(50)37-94)74(104)92-79-89-61-15-10-11-16-63(61)122-79)43-82(8)41-81(6,7)42-84(44-82,45-83)120-29-27-93(28-31-123(112,113)114)80(111)119-39-52-17-19-54(33-51(52)18-22-62-69(100)70(101)71(102)72(121-62)78(109)110)88-73(103)48(4)87-75(105)67(47(2)3)91-66(99)38-95-55(40-118-30-32-124(115,116)117)34-53(76(95)106)35-56(97)20-23-64(85)98/h10-17,19-21,23-24,33,36,47-48,53,55,62,67,69-72,100-102H,9,18,22,25-32,34-35,37-46H2,1-8H3,(H2,85,98)(H,87,105)(H,88,103)(H,91,99)(H,107,108)(H,109,110)(H,89,92,104)(H,112,113,114)(H,115,116,117)/b23-20-/t48-,53+,55-,62-,67-,69-,70+,71-,72-,82?,83?,84?/m0/s1. The number of aromatic carboxylic acids is 1. The molecule has 3 aliphatic heterocycles. The summed E-state index contributed by atoms with van der Waals surface area (Å²) >= 11 is 1.37. The number of carbonyl (C=O) groups excluding carboxylic acids is 8. The number of amides is 7. The lowest BCUT2D eigenvalue weighted by molar-refractivity contribution is -0.228. The number of nitrogens with zero attached hydrogens (tertiary/aromatic N) is 7. The van der Waals surface area contributed by atoms with Crippen LogP contribution in [0.1, 0.15) is 155 Å². The Balaban J connectivity index is 0.762. The third-order valence-corrected chi connectivity index (χ3v) is 26.1. The van der Waals surface area contributed by atoms with E-state index >= 15 is 0 Å². The minimum absolute atomic E-state index is 0.0489. The minimum atomic E-state index is -4.69. The van der Waals surface area contributed by atoms with Crippen molar-refractivity contribution in [2.75, 3.05) is 73.0 Å². The van der Waals surface area contributed by atoms with Crippen molar-refractivity contribution in [2.45, 2.75) is 200 Å². The number of carboxylic acid groups (broad SMARTS) is 2. The Labute approximate surface area is 720 Å². The van der Waals surface area contributed by atoms with Crippen molar-refractivity contribution in [3.05, 3.63) is 130 Å². The summed E-state index contributed by atoms with van der Waals surface area (Å²) < 4.78 is 93.8. The van der Waals surface area contributed by atoms with Crippen molar-refractivity contribution in [3.8, 4) is 11.1 Å². The zero-order chi connectivity index (χ0) is 90.3. The van der Waals surface area contributed by atoms with Crippen LogP contribution in [0.3, 0.4) is 0 Å². The molecule has 12 atom stereocenters. The molecule has 4 fully saturated rings. The smallest absolute Gasteiger partial charge is 0.410 e. The molecule has 7 amide bonds. The number of pyridine rings is 1. The van der Waals surface area contributed by atoms with Crippen molar-refractivity contribution in [1.82, 2.24) is 40.2 Å². The lowest BCUT2D eigenvalue weighted by Gasteiger charge is -2.62. The number of benzene rings is 3. The molecule has 3 unspecified atom stereocenters. The molecular weight excluding hydrogens is 1670 g/mol. The highest BCUT2D eigenvalue weighted by atomic mass is 32.2. The monoisotopic (exact) mass is 1780 g/mol. The van der Waals surface area contributed by atoms with Crippen LogP contribution in [-0.4, -0.2) is 252 Å². The second-order valence-corrected chi connectivity index (χ2v) is 38.7. The van der Waals surface area contributed by atoms with Crippen molar-refractivity contribution in [2.24, 2.45) is 33.8 Å². The van der Waals surface area contributed by atoms with E-state index in [-0.39, 0.29) is 78.3 Å². The van der Waals surface area contributed by atoms with Gasteiger partial charge in [-0.15, -0.1) is 0 Å². The fourth-order valence-electron chi connectivity index (χ4n) is 18.6. The quantitative estimate of drug-likeness (QED) is 0.0127. The summed E-state index contributed by atoms with van der Waals surface area (Å²) in [4.78, 5) is 147. The normalized spacial score (nSPS) is 23.6. The van der Waals surface area contributed by atoms with E-state index in [1.807, 2.05) is 52.9 Å². The number of carbonyl (C=O) groups is 10. The average molecular weight is 1780 g/mol. The van der Waals surface area contributed by atoms with Crippen LogP contribution >= 0.6 is 11.3 Å². The Hall–Kier alpha value is -10.3. The topological polar surface area (TPSA) is 545 Å². The number of ketones is 1. The molecule has 3 aromatic heterocycles. The minimum Gasteiger partial charge on any atom is -0.479 e. The van der Waals surface area contributed by atoms with Crippen molar-refractivity contribution >= 4 is 118 Å². The lowest BCUT2D eigenvalue weighted by atomic mass is 9.47. The Morgan fingerprint density at radius 1 is 0.806 bits per heavy atom. The van der Waals surface area contributed by atoms with E-state index in [9.17, 15) is 99.4 Å². The van der Waals surface area contributed by atoms with Gasteiger partial charge in [0.1, 0.15) is 42.8 Å². The highest BCUT2D eigenvalue weighted by Crippen LogP contribution is 2.64. The summed E-state index contributed by atoms with van der Waals surface area (Å²) in [5.74, 6) is -10.8. The fraction of sp³-hybridized carbons (Fsp3) is 0.536. The summed E-state index contributed by atoms with van der Waals surface area (Å²) in [5, 5.41) is 69.2. The number of hydrogen-bond donors (Lipinski definition) is 12. The zero-order valence-corrected chi connectivity index (χ0v) is 72.6. The number of aliphatic carboxylic acids is 1. The average Bonchev–Trinajstić information content (AvgIpc) is 0.769. The number of thiazole rings is 1. The van der Waals surface area contributed by atoms with Gasteiger partial charge in [-0.1, -0.05) is 83.2 Å². The number of primary amides is 1. The molecule has 2 bridgehead atoms. The highest BCUT2D eigenvalue weighted by Gasteiger charge is 2.59. The molecule has 40 heteroatoms. The van der Waals surface area contributed by atoms with Gasteiger partial charge in [0.05, 0.1) is 72.0 Å². The molecule has 37 nitrogen and oxygen atoms in total. The van der Waals surface area contributed by atoms with Gasteiger partial charge in [-0.25, -0.2) is 24.4 Å².